The average molecular weight is 385 g/mol. The van der Waals surface area contributed by atoms with Crippen molar-refractivity contribution >= 4 is 40.4 Å². The molecule has 1 aromatic heterocycles. The minimum atomic E-state index is -0.249. The van der Waals surface area contributed by atoms with Crippen LogP contribution in [0.5, 0.6) is 0 Å². The second kappa shape index (κ2) is 8.35. The van der Waals surface area contributed by atoms with Crippen molar-refractivity contribution < 1.29 is 14.4 Å². The van der Waals surface area contributed by atoms with Crippen molar-refractivity contribution in [2.75, 3.05) is 23.7 Å². The minimum Gasteiger partial charge on any atom is -0.329 e. The molecule has 0 saturated carbocycles. The van der Waals surface area contributed by atoms with Crippen molar-refractivity contribution in [3.05, 3.63) is 45.6 Å². The third kappa shape index (κ3) is 4.74. The molecule has 0 radical (unpaired) electrons. The lowest BCUT2D eigenvalue weighted by Gasteiger charge is -2.19. The number of benzene rings is 1. The highest BCUT2D eigenvalue weighted by Crippen LogP contribution is 2.31. The fourth-order valence-corrected chi connectivity index (χ4v) is 4.35. The van der Waals surface area contributed by atoms with Gasteiger partial charge in [0, 0.05) is 29.7 Å². The maximum Gasteiger partial charge on any atom is 0.264 e. The van der Waals surface area contributed by atoms with Crippen LogP contribution in [0.25, 0.3) is 0 Å². The first-order valence-electron chi connectivity index (χ1n) is 9.04. The first kappa shape index (κ1) is 19.1. The molecule has 1 heterocycles. The van der Waals surface area contributed by atoms with Gasteiger partial charge in [-0.2, -0.15) is 0 Å². The van der Waals surface area contributed by atoms with Gasteiger partial charge in [0.1, 0.15) is 6.54 Å². The number of aryl methyl sites for hydroxylation is 2. The number of carbonyl (C=O) groups excluding carboxylic acids is 3. The molecule has 1 aromatic carbocycles. The molecule has 0 unspecified atom stereocenters. The molecule has 0 bridgehead atoms. The zero-order valence-corrected chi connectivity index (χ0v) is 16.3. The lowest BCUT2D eigenvalue weighted by Crippen LogP contribution is -2.37. The SMILES string of the molecule is CCN(CC(=O)Nc1ccc(NC(C)=O)cc1)C(=O)c1cc2c(s1)CCC2. The summed E-state index contributed by atoms with van der Waals surface area (Å²) in [4.78, 5) is 39.7. The Bertz CT molecular complexity index is 836. The largest absolute Gasteiger partial charge is 0.329 e. The zero-order valence-electron chi connectivity index (χ0n) is 15.5. The van der Waals surface area contributed by atoms with Crippen LogP contribution in [0.2, 0.25) is 0 Å². The van der Waals surface area contributed by atoms with Crippen LogP contribution >= 0.6 is 11.3 Å². The van der Waals surface area contributed by atoms with Crippen molar-refractivity contribution in [3.63, 3.8) is 0 Å². The number of anilines is 2. The molecule has 6 nitrogen and oxygen atoms in total. The second-order valence-corrected chi connectivity index (χ2v) is 7.68. The number of nitrogens with one attached hydrogen (secondary N) is 2. The number of hydrogen-bond acceptors (Lipinski definition) is 4. The summed E-state index contributed by atoms with van der Waals surface area (Å²) >= 11 is 1.55. The molecule has 27 heavy (non-hydrogen) atoms. The summed E-state index contributed by atoms with van der Waals surface area (Å²) in [7, 11) is 0. The van der Waals surface area contributed by atoms with Gasteiger partial charge in [0.05, 0.1) is 4.88 Å². The third-order valence-electron chi connectivity index (χ3n) is 4.45. The highest BCUT2D eigenvalue weighted by Gasteiger charge is 2.23. The topological polar surface area (TPSA) is 78.5 Å². The Morgan fingerprint density at radius 3 is 2.33 bits per heavy atom. The van der Waals surface area contributed by atoms with E-state index in [0.717, 1.165) is 19.3 Å². The molecule has 1 aliphatic carbocycles. The zero-order chi connectivity index (χ0) is 19.4. The fraction of sp³-hybridized carbons (Fsp3) is 0.350. The van der Waals surface area contributed by atoms with Crippen LogP contribution in [-0.4, -0.2) is 35.7 Å². The van der Waals surface area contributed by atoms with Gasteiger partial charge < -0.3 is 15.5 Å². The van der Waals surface area contributed by atoms with Crippen molar-refractivity contribution in [1.29, 1.82) is 0 Å². The van der Waals surface area contributed by atoms with Gasteiger partial charge in [0.25, 0.3) is 5.91 Å². The Labute approximate surface area is 162 Å². The van der Waals surface area contributed by atoms with Crippen LogP contribution in [0.1, 0.15) is 40.4 Å². The molecule has 0 fully saturated rings. The number of likely N-dealkylation sites (N-methyl/N-ethyl adjacent to an activating group) is 1. The number of thiophene rings is 1. The van der Waals surface area contributed by atoms with Crippen molar-refractivity contribution in [2.45, 2.75) is 33.1 Å². The van der Waals surface area contributed by atoms with Crippen LogP contribution in [0.15, 0.2) is 30.3 Å². The molecule has 7 heteroatoms. The van der Waals surface area contributed by atoms with E-state index >= 15 is 0 Å². The van der Waals surface area contributed by atoms with E-state index < -0.39 is 0 Å². The molecular formula is C20H23N3O3S. The van der Waals surface area contributed by atoms with E-state index in [2.05, 4.69) is 10.6 Å². The van der Waals surface area contributed by atoms with Crippen LogP contribution in [0, 0.1) is 0 Å². The quantitative estimate of drug-likeness (QED) is 0.801. The molecule has 0 aliphatic heterocycles. The maximum atomic E-state index is 12.7. The van der Waals surface area contributed by atoms with Gasteiger partial charge in [-0.05, 0) is 62.1 Å². The minimum absolute atomic E-state index is 0.00530. The summed E-state index contributed by atoms with van der Waals surface area (Å²) in [5.41, 5.74) is 2.56. The first-order valence-corrected chi connectivity index (χ1v) is 9.86. The normalized spacial score (nSPS) is 12.4. The molecule has 3 rings (SSSR count). The second-order valence-electron chi connectivity index (χ2n) is 6.54. The van der Waals surface area contributed by atoms with Crippen LogP contribution in [0.3, 0.4) is 0 Å². The first-order chi connectivity index (χ1) is 13.0. The lowest BCUT2D eigenvalue weighted by atomic mass is 10.2. The molecule has 3 amide bonds. The standard InChI is InChI=1S/C20H23N3O3S/c1-3-23(20(26)18-11-14-5-4-6-17(14)27-18)12-19(25)22-16-9-7-15(8-10-16)21-13(2)24/h7-11H,3-6,12H2,1-2H3,(H,21,24)(H,22,25). The Morgan fingerprint density at radius 2 is 1.74 bits per heavy atom. The van der Waals surface area contributed by atoms with E-state index in [9.17, 15) is 14.4 Å². The summed E-state index contributed by atoms with van der Waals surface area (Å²) in [5, 5.41) is 5.46. The number of fused-ring (bicyclic) bond motifs is 1. The monoisotopic (exact) mass is 385 g/mol. The summed E-state index contributed by atoms with van der Waals surface area (Å²) in [6, 6.07) is 8.84. The van der Waals surface area contributed by atoms with E-state index in [4.69, 9.17) is 0 Å². The van der Waals surface area contributed by atoms with Gasteiger partial charge in [-0.25, -0.2) is 0 Å². The molecule has 2 N–H and O–H groups in total. The summed E-state index contributed by atoms with van der Waals surface area (Å²) in [5.74, 6) is -0.488. The summed E-state index contributed by atoms with van der Waals surface area (Å²) in [6.07, 6.45) is 3.25. The van der Waals surface area contributed by atoms with Gasteiger partial charge in [0.2, 0.25) is 11.8 Å². The highest BCUT2D eigenvalue weighted by molar-refractivity contribution is 7.14. The van der Waals surface area contributed by atoms with Crippen LogP contribution in [-0.2, 0) is 22.4 Å². The lowest BCUT2D eigenvalue weighted by molar-refractivity contribution is -0.117. The van der Waals surface area contributed by atoms with Gasteiger partial charge in [0.15, 0.2) is 0 Å². The van der Waals surface area contributed by atoms with E-state index in [-0.39, 0.29) is 24.3 Å². The number of carbonyl (C=O) groups is 3. The predicted octanol–water partition coefficient (Wildman–Crippen LogP) is 3.30. The fourth-order valence-electron chi connectivity index (χ4n) is 3.13. The van der Waals surface area contributed by atoms with Crippen molar-refractivity contribution in [1.82, 2.24) is 4.90 Å². The smallest absolute Gasteiger partial charge is 0.264 e. The predicted molar refractivity (Wildman–Crippen MR) is 107 cm³/mol. The van der Waals surface area contributed by atoms with E-state index in [1.54, 1.807) is 40.5 Å². The molecule has 0 saturated heterocycles. The van der Waals surface area contributed by atoms with Crippen molar-refractivity contribution in [2.24, 2.45) is 0 Å². The Hall–Kier alpha value is -2.67. The van der Waals surface area contributed by atoms with E-state index in [1.807, 2.05) is 13.0 Å². The average Bonchev–Trinajstić information content (AvgIpc) is 3.22. The van der Waals surface area contributed by atoms with Gasteiger partial charge in [-0.3, -0.25) is 14.4 Å². The van der Waals surface area contributed by atoms with Gasteiger partial charge in [-0.1, -0.05) is 0 Å². The molecule has 1 aliphatic rings. The molecule has 2 aromatic rings. The summed E-state index contributed by atoms with van der Waals surface area (Å²) < 4.78 is 0. The molecule has 142 valence electrons. The van der Waals surface area contributed by atoms with Crippen molar-refractivity contribution in [3.8, 4) is 0 Å². The Kier molecular flexibility index (Phi) is 5.91. The molecular weight excluding hydrogens is 362 g/mol. The highest BCUT2D eigenvalue weighted by atomic mass is 32.1. The number of amides is 3. The maximum absolute atomic E-state index is 12.7. The third-order valence-corrected chi connectivity index (χ3v) is 5.67. The summed E-state index contributed by atoms with van der Waals surface area (Å²) in [6.45, 7) is 3.78. The van der Waals surface area contributed by atoms with E-state index in [0.29, 0.717) is 22.8 Å². The number of hydrogen-bond donors (Lipinski definition) is 2. The van der Waals surface area contributed by atoms with Crippen LogP contribution < -0.4 is 10.6 Å². The number of nitrogens with zero attached hydrogens (tertiary/aromatic N) is 1. The number of rotatable bonds is 6. The van der Waals surface area contributed by atoms with Gasteiger partial charge in [-0.15, -0.1) is 11.3 Å². The Balaban J connectivity index is 1.59. The molecule has 0 spiro atoms. The van der Waals surface area contributed by atoms with Crippen LogP contribution in [0.4, 0.5) is 11.4 Å². The Morgan fingerprint density at radius 1 is 1.07 bits per heavy atom. The van der Waals surface area contributed by atoms with Gasteiger partial charge >= 0.3 is 0 Å². The molecule has 0 atom stereocenters. The van der Waals surface area contributed by atoms with E-state index in [1.165, 1.54) is 17.4 Å².